The van der Waals surface area contributed by atoms with Crippen LogP contribution in [0.2, 0.25) is 0 Å². The van der Waals surface area contributed by atoms with Crippen LogP contribution in [0.4, 0.5) is 5.69 Å². The van der Waals surface area contributed by atoms with Gasteiger partial charge in [0.1, 0.15) is 5.75 Å². The van der Waals surface area contributed by atoms with E-state index in [-0.39, 0.29) is 31.9 Å². The Morgan fingerprint density at radius 3 is 2.36 bits per heavy atom. The normalized spacial score (nSPS) is 10.0. The quantitative estimate of drug-likeness (QED) is 0.623. The second-order valence-corrected chi connectivity index (χ2v) is 6.30. The molecule has 0 fully saturated rings. The highest BCUT2D eigenvalue weighted by Crippen LogP contribution is 2.16. The smallest absolute Gasteiger partial charge is 0.306 e. The molecule has 0 heterocycles. The van der Waals surface area contributed by atoms with E-state index in [4.69, 9.17) is 14.7 Å². The van der Waals surface area contributed by atoms with Crippen LogP contribution in [0.25, 0.3) is 0 Å². The second kappa shape index (κ2) is 10.7. The van der Waals surface area contributed by atoms with Crippen LogP contribution in [-0.2, 0) is 20.7 Å². The lowest BCUT2D eigenvalue weighted by atomic mass is 10.1. The van der Waals surface area contributed by atoms with Crippen molar-refractivity contribution in [2.24, 2.45) is 0 Å². The lowest BCUT2D eigenvalue weighted by Crippen LogP contribution is -2.35. The molecule has 0 aliphatic rings. The molecule has 1 amide bonds. The van der Waals surface area contributed by atoms with Crippen molar-refractivity contribution in [2.45, 2.75) is 26.2 Å². The standard InChI is InChI=1S/C22H24N2O4/c1-17-4-9-19(10-5-17)24(15-3-14-23)21(25)16-28-22(26)13-8-18-6-11-20(27-2)12-7-18/h4-7,9-12H,3,8,13,15-16H2,1-2H3. The van der Waals surface area contributed by atoms with Gasteiger partial charge in [-0.05, 0) is 43.2 Å². The van der Waals surface area contributed by atoms with Crippen LogP contribution in [0, 0.1) is 18.3 Å². The van der Waals surface area contributed by atoms with Crippen molar-refractivity contribution in [3.8, 4) is 11.8 Å². The van der Waals surface area contributed by atoms with Gasteiger partial charge in [0.15, 0.2) is 6.61 Å². The van der Waals surface area contributed by atoms with Gasteiger partial charge in [-0.2, -0.15) is 5.26 Å². The molecule has 0 aromatic heterocycles. The Bertz CT molecular complexity index is 823. The highest BCUT2D eigenvalue weighted by atomic mass is 16.5. The first-order valence-electron chi connectivity index (χ1n) is 9.06. The van der Waals surface area contributed by atoms with Gasteiger partial charge in [0.25, 0.3) is 5.91 Å². The molecule has 6 heteroatoms. The van der Waals surface area contributed by atoms with Crippen molar-refractivity contribution >= 4 is 17.6 Å². The summed E-state index contributed by atoms with van der Waals surface area (Å²) in [6, 6.07) is 16.9. The van der Waals surface area contributed by atoms with Gasteiger partial charge in [-0.15, -0.1) is 0 Å². The Hall–Kier alpha value is -3.33. The number of aryl methyl sites for hydroxylation is 2. The van der Waals surface area contributed by atoms with E-state index in [1.165, 1.54) is 4.90 Å². The van der Waals surface area contributed by atoms with Crippen molar-refractivity contribution in [1.29, 1.82) is 5.26 Å². The molecule has 0 aliphatic carbocycles. The minimum atomic E-state index is -0.437. The lowest BCUT2D eigenvalue weighted by Gasteiger charge is -2.21. The molecular formula is C22H24N2O4. The van der Waals surface area contributed by atoms with Crippen LogP contribution in [-0.4, -0.2) is 32.1 Å². The van der Waals surface area contributed by atoms with Crippen LogP contribution >= 0.6 is 0 Å². The summed E-state index contributed by atoms with van der Waals surface area (Å²) in [5, 5.41) is 8.84. The number of esters is 1. The summed E-state index contributed by atoms with van der Waals surface area (Å²) in [5.74, 6) is -0.0318. The number of amides is 1. The van der Waals surface area contributed by atoms with Crippen molar-refractivity contribution in [2.75, 3.05) is 25.2 Å². The summed E-state index contributed by atoms with van der Waals surface area (Å²) in [6.07, 6.45) is 0.903. The van der Waals surface area contributed by atoms with E-state index < -0.39 is 5.97 Å². The molecule has 0 bridgehead atoms. The van der Waals surface area contributed by atoms with E-state index in [1.807, 2.05) is 61.5 Å². The molecule has 2 aromatic carbocycles. The fourth-order valence-electron chi connectivity index (χ4n) is 2.62. The maximum atomic E-state index is 12.5. The van der Waals surface area contributed by atoms with Gasteiger partial charge < -0.3 is 14.4 Å². The first kappa shape index (κ1) is 21.0. The molecule has 0 N–H and O–H groups in total. The van der Waals surface area contributed by atoms with Gasteiger partial charge in [-0.1, -0.05) is 29.8 Å². The van der Waals surface area contributed by atoms with E-state index in [2.05, 4.69) is 0 Å². The van der Waals surface area contributed by atoms with Gasteiger partial charge in [-0.3, -0.25) is 9.59 Å². The van der Waals surface area contributed by atoms with Crippen molar-refractivity contribution < 1.29 is 19.1 Å². The van der Waals surface area contributed by atoms with Crippen LogP contribution < -0.4 is 9.64 Å². The predicted octanol–water partition coefficient (Wildman–Crippen LogP) is 3.43. The number of methoxy groups -OCH3 is 1. The average Bonchev–Trinajstić information content (AvgIpc) is 2.72. The van der Waals surface area contributed by atoms with E-state index in [0.29, 0.717) is 12.1 Å². The monoisotopic (exact) mass is 380 g/mol. The number of nitrogens with zero attached hydrogens (tertiary/aromatic N) is 2. The number of ether oxygens (including phenoxy) is 2. The zero-order valence-electron chi connectivity index (χ0n) is 16.2. The lowest BCUT2D eigenvalue weighted by molar-refractivity contribution is -0.147. The molecule has 0 saturated carbocycles. The minimum Gasteiger partial charge on any atom is -0.497 e. The van der Waals surface area contributed by atoms with Crippen molar-refractivity contribution in [3.05, 3.63) is 59.7 Å². The number of hydrogen-bond donors (Lipinski definition) is 0. The molecule has 0 radical (unpaired) electrons. The van der Waals surface area contributed by atoms with E-state index >= 15 is 0 Å². The second-order valence-electron chi connectivity index (χ2n) is 6.30. The van der Waals surface area contributed by atoms with Crippen LogP contribution in [0.1, 0.15) is 24.0 Å². The van der Waals surface area contributed by atoms with Gasteiger partial charge in [0, 0.05) is 18.7 Å². The minimum absolute atomic E-state index is 0.183. The Balaban J connectivity index is 1.87. The summed E-state index contributed by atoms with van der Waals surface area (Å²) in [7, 11) is 1.60. The summed E-state index contributed by atoms with van der Waals surface area (Å²) < 4.78 is 10.2. The summed E-state index contributed by atoms with van der Waals surface area (Å²) in [5.41, 5.74) is 2.74. The Morgan fingerprint density at radius 1 is 1.07 bits per heavy atom. The molecule has 2 rings (SSSR count). The van der Waals surface area contributed by atoms with E-state index in [1.54, 1.807) is 7.11 Å². The largest absolute Gasteiger partial charge is 0.497 e. The van der Waals surface area contributed by atoms with Gasteiger partial charge >= 0.3 is 5.97 Å². The Kier molecular flexibility index (Phi) is 8.04. The Labute approximate surface area is 165 Å². The SMILES string of the molecule is COc1ccc(CCC(=O)OCC(=O)N(CCC#N)c2ccc(C)cc2)cc1. The third-order valence-corrected chi connectivity index (χ3v) is 4.23. The van der Waals surface area contributed by atoms with Crippen LogP contribution in [0.3, 0.4) is 0 Å². The molecule has 28 heavy (non-hydrogen) atoms. The molecule has 0 saturated heterocycles. The number of rotatable bonds is 9. The molecular weight excluding hydrogens is 356 g/mol. The fourth-order valence-corrected chi connectivity index (χ4v) is 2.62. The zero-order valence-corrected chi connectivity index (χ0v) is 16.2. The number of anilines is 1. The number of carbonyl (C=O) groups excluding carboxylic acids is 2. The highest BCUT2D eigenvalue weighted by molar-refractivity contribution is 5.95. The number of benzene rings is 2. The Morgan fingerprint density at radius 2 is 1.75 bits per heavy atom. The van der Waals surface area contributed by atoms with Crippen molar-refractivity contribution in [3.63, 3.8) is 0 Å². The first-order chi connectivity index (χ1) is 13.5. The predicted molar refractivity (Wildman–Crippen MR) is 106 cm³/mol. The highest BCUT2D eigenvalue weighted by Gasteiger charge is 2.17. The summed E-state index contributed by atoms with van der Waals surface area (Å²) >= 11 is 0. The van der Waals surface area contributed by atoms with Gasteiger partial charge in [0.2, 0.25) is 0 Å². The van der Waals surface area contributed by atoms with Crippen LogP contribution in [0.5, 0.6) is 5.75 Å². The number of nitriles is 1. The van der Waals surface area contributed by atoms with Gasteiger partial charge in [0.05, 0.1) is 19.6 Å². The number of hydrogen-bond acceptors (Lipinski definition) is 5. The first-order valence-corrected chi connectivity index (χ1v) is 9.06. The summed E-state index contributed by atoms with van der Waals surface area (Å²) in [4.78, 5) is 26.0. The summed E-state index contributed by atoms with van der Waals surface area (Å²) in [6.45, 7) is 1.86. The average molecular weight is 380 g/mol. The maximum absolute atomic E-state index is 12.5. The fraction of sp³-hybridized carbons (Fsp3) is 0.318. The van der Waals surface area contributed by atoms with E-state index in [9.17, 15) is 9.59 Å². The third-order valence-electron chi connectivity index (χ3n) is 4.23. The molecule has 2 aromatic rings. The van der Waals surface area contributed by atoms with Crippen LogP contribution in [0.15, 0.2) is 48.5 Å². The number of carbonyl (C=O) groups is 2. The molecule has 0 spiro atoms. The van der Waals surface area contributed by atoms with Crippen molar-refractivity contribution in [1.82, 2.24) is 0 Å². The third kappa shape index (κ3) is 6.44. The molecule has 6 nitrogen and oxygen atoms in total. The molecule has 0 atom stereocenters. The van der Waals surface area contributed by atoms with E-state index in [0.717, 1.165) is 16.9 Å². The topological polar surface area (TPSA) is 79.6 Å². The van der Waals surface area contributed by atoms with Gasteiger partial charge in [-0.25, -0.2) is 0 Å². The molecule has 146 valence electrons. The zero-order chi connectivity index (χ0) is 20.4. The maximum Gasteiger partial charge on any atom is 0.306 e. The molecule has 0 aliphatic heterocycles. The molecule has 0 unspecified atom stereocenters.